The van der Waals surface area contributed by atoms with Crippen molar-refractivity contribution >= 4 is 5.84 Å². The van der Waals surface area contributed by atoms with Gasteiger partial charge in [-0.25, -0.2) is 0 Å². The molecule has 0 aromatic heterocycles. The van der Waals surface area contributed by atoms with Gasteiger partial charge in [-0.05, 0) is 37.5 Å². The highest BCUT2D eigenvalue weighted by molar-refractivity contribution is 5.99. The Labute approximate surface area is 126 Å². The maximum atomic E-state index is 8.78. The van der Waals surface area contributed by atoms with Crippen LogP contribution in [-0.4, -0.2) is 23.7 Å². The van der Waals surface area contributed by atoms with E-state index >= 15 is 0 Å². The molecule has 1 saturated carbocycles. The summed E-state index contributed by atoms with van der Waals surface area (Å²) >= 11 is 0. The lowest BCUT2D eigenvalue weighted by Crippen LogP contribution is -2.43. The molecule has 4 N–H and O–H groups in total. The second kappa shape index (κ2) is 6.80. The van der Waals surface area contributed by atoms with Crippen LogP contribution < -0.4 is 15.8 Å². The zero-order valence-corrected chi connectivity index (χ0v) is 12.9. The molecule has 5 heteroatoms. The molecule has 0 unspecified atom stereocenters. The Balaban J connectivity index is 2.07. The maximum Gasteiger partial charge on any atom is 0.173 e. The molecule has 0 bridgehead atoms. The second-order valence-corrected chi connectivity index (χ2v) is 5.99. The van der Waals surface area contributed by atoms with Gasteiger partial charge in [0.25, 0.3) is 0 Å². The molecule has 1 aromatic carbocycles. The molecule has 0 amide bonds. The quantitative estimate of drug-likeness (QED) is 0.337. The molecule has 1 aromatic rings. The van der Waals surface area contributed by atoms with Crippen molar-refractivity contribution in [3.8, 4) is 5.75 Å². The first-order valence-electron chi connectivity index (χ1n) is 7.48. The molecule has 5 nitrogen and oxygen atoms in total. The highest BCUT2D eigenvalue weighted by Crippen LogP contribution is 2.28. The van der Waals surface area contributed by atoms with E-state index in [0.29, 0.717) is 11.3 Å². The predicted molar refractivity (Wildman–Crippen MR) is 83.8 cm³/mol. The molecule has 2 rings (SSSR count). The van der Waals surface area contributed by atoms with Crippen molar-refractivity contribution in [2.45, 2.75) is 51.1 Å². The predicted octanol–water partition coefficient (Wildman–Crippen LogP) is 2.60. The summed E-state index contributed by atoms with van der Waals surface area (Å²) in [5.41, 5.74) is 7.61. The Bertz CT molecular complexity index is 508. The number of nitrogens with two attached hydrogens (primary N) is 1. The molecule has 0 radical (unpaired) electrons. The highest BCUT2D eigenvalue weighted by Gasteiger charge is 2.25. The smallest absolute Gasteiger partial charge is 0.173 e. The number of nitrogens with one attached hydrogen (secondary N) is 1. The summed E-state index contributed by atoms with van der Waals surface area (Å²) < 4.78 is 5.33. The van der Waals surface area contributed by atoms with Gasteiger partial charge in [0.05, 0.1) is 12.7 Å². The van der Waals surface area contributed by atoms with Gasteiger partial charge < -0.3 is 21.0 Å². The lowest BCUT2D eigenvalue weighted by Gasteiger charge is -2.35. The Hall–Kier alpha value is -1.75. The fourth-order valence-corrected chi connectivity index (χ4v) is 2.94. The molecule has 0 atom stereocenters. The van der Waals surface area contributed by atoms with E-state index in [2.05, 4.69) is 17.4 Å². The van der Waals surface area contributed by atoms with Crippen LogP contribution in [0.4, 0.5) is 0 Å². The molecule has 1 aliphatic rings. The van der Waals surface area contributed by atoms with Gasteiger partial charge in [0.15, 0.2) is 5.84 Å². The number of nitrogens with zero attached hydrogens (tertiary/aromatic N) is 1. The summed E-state index contributed by atoms with van der Waals surface area (Å²) in [7, 11) is 1.59. The van der Waals surface area contributed by atoms with Crippen molar-refractivity contribution in [2.24, 2.45) is 10.9 Å². The number of methoxy groups -OCH3 is 1. The van der Waals surface area contributed by atoms with E-state index in [1.807, 2.05) is 18.2 Å². The summed E-state index contributed by atoms with van der Waals surface area (Å²) in [5, 5.41) is 15.5. The van der Waals surface area contributed by atoms with Crippen LogP contribution >= 0.6 is 0 Å². The van der Waals surface area contributed by atoms with Gasteiger partial charge in [0.1, 0.15) is 5.75 Å². The van der Waals surface area contributed by atoms with E-state index in [4.69, 9.17) is 15.7 Å². The van der Waals surface area contributed by atoms with Gasteiger partial charge in [0, 0.05) is 12.1 Å². The van der Waals surface area contributed by atoms with Crippen LogP contribution in [0.15, 0.2) is 23.4 Å². The highest BCUT2D eigenvalue weighted by atomic mass is 16.5. The zero-order valence-electron chi connectivity index (χ0n) is 12.9. The van der Waals surface area contributed by atoms with Crippen LogP contribution in [0.25, 0.3) is 0 Å². The standard InChI is InChI=1S/C16H25N3O2/c1-16(8-4-3-5-9-16)18-11-12-6-7-13(15(17)19-20)14(10-12)21-2/h6-7,10,18,20H,3-5,8-9,11H2,1-2H3,(H2,17,19). The average Bonchev–Trinajstić information content (AvgIpc) is 2.52. The monoisotopic (exact) mass is 291 g/mol. The molecule has 1 aliphatic carbocycles. The van der Waals surface area contributed by atoms with Gasteiger partial charge in [-0.1, -0.05) is 30.5 Å². The SMILES string of the molecule is COc1cc(CNC2(C)CCCCC2)ccc1/C(N)=N/O. The van der Waals surface area contributed by atoms with Crippen molar-refractivity contribution in [1.29, 1.82) is 0 Å². The van der Waals surface area contributed by atoms with Gasteiger partial charge in [-0.2, -0.15) is 0 Å². The molecular weight excluding hydrogens is 266 g/mol. The average molecular weight is 291 g/mol. The number of hydrogen-bond donors (Lipinski definition) is 3. The third kappa shape index (κ3) is 3.88. The van der Waals surface area contributed by atoms with Gasteiger partial charge in [-0.15, -0.1) is 0 Å². The van der Waals surface area contributed by atoms with Crippen molar-refractivity contribution < 1.29 is 9.94 Å². The van der Waals surface area contributed by atoms with Crippen molar-refractivity contribution in [3.63, 3.8) is 0 Å². The third-order valence-electron chi connectivity index (χ3n) is 4.33. The summed E-state index contributed by atoms with van der Waals surface area (Å²) in [6, 6.07) is 5.75. The number of hydrogen-bond acceptors (Lipinski definition) is 4. The Morgan fingerprint density at radius 3 is 2.71 bits per heavy atom. The molecule has 116 valence electrons. The largest absolute Gasteiger partial charge is 0.496 e. The van der Waals surface area contributed by atoms with E-state index in [0.717, 1.165) is 12.1 Å². The fraction of sp³-hybridized carbons (Fsp3) is 0.562. The third-order valence-corrected chi connectivity index (χ3v) is 4.33. The van der Waals surface area contributed by atoms with Crippen molar-refractivity contribution in [2.75, 3.05) is 7.11 Å². The molecule has 21 heavy (non-hydrogen) atoms. The maximum absolute atomic E-state index is 8.78. The first-order chi connectivity index (χ1) is 10.1. The van der Waals surface area contributed by atoms with Crippen LogP contribution in [-0.2, 0) is 6.54 Å². The lowest BCUT2D eigenvalue weighted by molar-refractivity contribution is 0.252. The van der Waals surface area contributed by atoms with E-state index in [-0.39, 0.29) is 11.4 Å². The number of amidine groups is 1. The molecule has 0 heterocycles. The Kier molecular flexibility index (Phi) is 5.07. The summed E-state index contributed by atoms with van der Waals surface area (Å²) in [5.74, 6) is 0.684. The van der Waals surface area contributed by atoms with Crippen molar-refractivity contribution in [3.05, 3.63) is 29.3 Å². The zero-order chi connectivity index (χ0) is 15.3. The van der Waals surface area contributed by atoms with Crippen LogP contribution in [0.5, 0.6) is 5.75 Å². The number of oxime groups is 1. The van der Waals surface area contributed by atoms with Crippen molar-refractivity contribution in [1.82, 2.24) is 5.32 Å². The minimum Gasteiger partial charge on any atom is -0.496 e. The summed E-state index contributed by atoms with van der Waals surface area (Å²) in [4.78, 5) is 0. The normalized spacial score (nSPS) is 18.5. The van der Waals surface area contributed by atoms with E-state index in [9.17, 15) is 0 Å². The van der Waals surface area contributed by atoms with E-state index < -0.39 is 0 Å². The molecular formula is C16H25N3O2. The Morgan fingerprint density at radius 1 is 1.38 bits per heavy atom. The number of benzene rings is 1. The summed E-state index contributed by atoms with van der Waals surface area (Å²) in [6.07, 6.45) is 6.41. The second-order valence-electron chi connectivity index (χ2n) is 5.99. The Morgan fingerprint density at radius 2 is 2.10 bits per heavy atom. The molecule has 0 spiro atoms. The minimum absolute atomic E-state index is 0.0607. The van der Waals surface area contributed by atoms with Gasteiger partial charge >= 0.3 is 0 Å². The lowest BCUT2D eigenvalue weighted by atomic mass is 9.83. The number of rotatable bonds is 5. The van der Waals surface area contributed by atoms with Crippen LogP contribution in [0.3, 0.4) is 0 Å². The van der Waals surface area contributed by atoms with E-state index in [1.54, 1.807) is 7.11 Å². The minimum atomic E-state index is 0.0607. The number of ether oxygens (including phenoxy) is 1. The molecule has 0 aliphatic heterocycles. The topological polar surface area (TPSA) is 79.9 Å². The first-order valence-corrected chi connectivity index (χ1v) is 7.48. The first kappa shape index (κ1) is 15.6. The van der Waals surface area contributed by atoms with Crippen LogP contribution in [0.1, 0.15) is 50.2 Å². The van der Waals surface area contributed by atoms with E-state index in [1.165, 1.54) is 32.1 Å². The van der Waals surface area contributed by atoms with Crippen LogP contribution in [0.2, 0.25) is 0 Å². The van der Waals surface area contributed by atoms with Crippen LogP contribution in [0, 0.1) is 0 Å². The molecule has 0 saturated heterocycles. The van der Waals surface area contributed by atoms with Gasteiger partial charge in [0.2, 0.25) is 0 Å². The fourth-order valence-electron chi connectivity index (χ4n) is 2.94. The van der Waals surface area contributed by atoms with Gasteiger partial charge in [-0.3, -0.25) is 0 Å². The molecule has 1 fully saturated rings. The summed E-state index contributed by atoms with van der Waals surface area (Å²) in [6.45, 7) is 3.09.